The molecule has 1 unspecified atom stereocenters. The number of rotatable bonds is 10. The average Bonchev–Trinajstić information content (AvgIpc) is 2.70. The van der Waals surface area contributed by atoms with Gasteiger partial charge in [0.2, 0.25) is 7.94 Å². The number of benzene rings is 2. The number of allylic oxidation sites excluding steroid dienone is 1. The van der Waals surface area contributed by atoms with E-state index in [4.69, 9.17) is 21.1 Å². The average molecular weight is 432 g/mol. The lowest BCUT2D eigenvalue weighted by Gasteiger charge is -2.05. The lowest BCUT2D eigenvalue weighted by Crippen LogP contribution is -2.06. The molecule has 0 aromatic heterocycles. The second-order valence-electron chi connectivity index (χ2n) is 5.98. The number of esters is 1. The molecule has 0 spiro atoms. The highest BCUT2D eigenvalue weighted by atomic mass is 35.5. The molecule has 0 saturated carbocycles. The predicted molar refractivity (Wildman–Crippen MR) is 116 cm³/mol. The molecule has 2 aromatic carbocycles. The number of hydrogen-bond acceptors (Lipinski definition) is 5. The molecule has 0 aliphatic carbocycles. The molecule has 2 aromatic rings. The number of carbonyl (C=O) groups is 1. The molecular formula is C22H23ClNO4P. The highest BCUT2D eigenvalue weighted by molar-refractivity contribution is 7.48. The second kappa shape index (κ2) is 12.2. The summed E-state index contributed by atoms with van der Waals surface area (Å²) in [5.41, 5.74) is 0.845. The molecule has 0 aliphatic rings. The van der Waals surface area contributed by atoms with Crippen molar-refractivity contribution in [2.75, 3.05) is 13.2 Å². The van der Waals surface area contributed by atoms with E-state index in [0.717, 1.165) is 5.57 Å². The molecule has 29 heavy (non-hydrogen) atoms. The van der Waals surface area contributed by atoms with Gasteiger partial charge in [0.15, 0.2) is 5.30 Å². The molecule has 0 saturated heterocycles. The first-order chi connectivity index (χ1) is 14.0. The topological polar surface area (TPSA) is 71.0 Å². The maximum atomic E-state index is 12.4. The summed E-state index contributed by atoms with van der Waals surface area (Å²) in [6.07, 6.45) is 4.25. The largest absolute Gasteiger partial charge is 0.607 e. The number of halogens is 1. The Balaban J connectivity index is 1.98. The predicted octanol–water partition coefficient (Wildman–Crippen LogP) is 5.15. The Labute approximate surface area is 177 Å². The van der Waals surface area contributed by atoms with Crippen LogP contribution in [0.25, 0.3) is 0 Å². The minimum Gasteiger partial charge on any atom is -0.607 e. The molecule has 1 atom stereocenters. The third-order valence-electron chi connectivity index (χ3n) is 3.78. The summed E-state index contributed by atoms with van der Waals surface area (Å²) in [4.78, 5) is 24.0. The van der Waals surface area contributed by atoms with Crippen molar-refractivity contribution in [1.82, 2.24) is 0 Å². The highest BCUT2D eigenvalue weighted by Gasteiger charge is 2.08. The first-order valence-electron chi connectivity index (χ1n) is 9.14. The summed E-state index contributed by atoms with van der Waals surface area (Å²) in [5, 5.41) is 1.24. The Kier molecular flexibility index (Phi) is 9.58. The van der Waals surface area contributed by atoms with E-state index in [0.29, 0.717) is 34.9 Å². The number of ether oxygens (including phenoxy) is 2. The van der Waals surface area contributed by atoms with Crippen molar-refractivity contribution in [1.29, 1.82) is 0 Å². The third-order valence-corrected chi connectivity index (χ3v) is 5.19. The van der Waals surface area contributed by atoms with Gasteiger partial charge in [-0.05, 0) is 61.9 Å². The second-order valence-corrected chi connectivity index (χ2v) is 7.77. The van der Waals surface area contributed by atoms with Crippen LogP contribution in [-0.4, -0.2) is 19.1 Å². The van der Waals surface area contributed by atoms with E-state index in [2.05, 4.69) is 11.3 Å². The van der Waals surface area contributed by atoms with Gasteiger partial charge in [-0.15, -0.1) is 11.3 Å². The normalized spacial score (nSPS) is 11.8. The van der Waals surface area contributed by atoms with Gasteiger partial charge in [0, 0.05) is 5.02 Å². The first kappa shape index (κ1) is 22.8. The summed E-state index contributed by atoms with van der Waals surface area (Å²) < 4.78 is 14.9. The Morgan fingerprint density at radius 3 is 2.38 bits per heavy atom. The Morgan fingerprint density at radius 1 is 1.17 bits per heavy atom. The fraction of sp³-hybridized carbons (Fsp3) is 0.227. The van der Waals surface area contributed by atoms with Crippen LogP contribution in [0.1, 0.15) is 19.8 Å². The summed E-state index contributed by atoms with van der Waals surface area (Å²) >= 11 is 5.86. The molecule has 0 fully saturated rings. The van der Waals surface area contributed by atoms with Crippen LogP contribution >= 0.6 is 19.5 Å². The maximum absolute atomic E-state index is 12.4. The van der Waals surface area contributed by atoms with Crippen LogP contribution in [0.4, 0.5) is 0 Å². The molecule has 0 amide bonds. The molecule has 0 bridgehead atoms. The lowest BCUT2D eigenvalue weighted by atomic mass is 10.1. The van der Waals surface area contributed by atoms with E-state index in [1.54, 1.807) is 67.6 Å². The summed E-state index contributed by atoms with van der Waals surface area (Å²) in [6.45, 7) is 6.04. The zero-order valence-corrected chi connectivity index (χ0v) is 17.9. The molecule has 2 rings (SSSR count). The fourth-order valence-corrected chi connectivity index (χ4v) is 3.34. The monoisotopic (exact) mass is 431 g/mol. The van der Waals surface area contributed by atoms with E-state index in [1.807, 2.05) is 0 Å². The van der Waals surface area contributed by atoms with Crippen molar-refractivity contribution in [2.24, 2.45) is 4.74 Å². The number of nitrogens with zero attached hydrogens (tertiary/aromatic N) is 1. The van der Waals surface area contributed by atoms with Crippen molar-refractivity contribution >= 4 is 30.8 Å². The number of carbonyl (C=O) groups excluding carboxylic acids is 1. The maximum Gasteiger partial charge on any atom is 0.309 e. The summed E-state index contributed by atoms with van der Waals surface area (Å²) in [5.74, 6) is 1.00. The molecular weight excluding hydrogens is 409 g/mol. The van der Waals surface area contributed by atoms with Crippen LogP contribution in [0, 0.1) is 0 Å². The van der Waals surface area contributed by atoms with Crippen LogP contribution in [0.15, 0.2) is 77.6 Å². The molecule has 5 nitrogen and oxygen atoms in total. The van der Waals surface area contributed by atoms with Crippen LogP contribution in [0.2, 0.25) is 5.02 Å². The van der Waals surface area contributed by atoms with E-state index >= 15 is 0 Å². The van der Waals surface area contributed by atoms with Gasteiger partial charge in [0.25, 0.3) is 0 Å². The van der Waals surface area contributed by atoms with Gasteiger partial charge in [-0.2, -0.15) is 0 Å². The smallest absolute Gasteiger partial charge is 0.309 e. The quantitative estimate of drug-likeness (QED) is 0.296. The Bertz CT molecular complexity index is 877. The van der Waals surface area contributed by atoms with Crippen molar-refractivity contribution in [2.45, 2.75) is 19.8 Å². The van der Waals surface area contributed by atoms with E-state index in [1.165, 1.54) is 0 Å². The zero-order valence-electron chi connectivity index (χ0n) is 16.2. The number of hydrogen-bond donors (Lipinski definition) is 0. The van der Waals surface area contributed by atoms with Gasteiger partial charge in [0.05, 0.1) is 13.0 Å². The van der Waals surface area contributed by atoms with Gasteiger partial charge in [0.1, 0.15) is 18.0 Å². The van der Waals surface area contributed by atoms with Crippen LogP contribution in [0.5, 0.6) is 11.5 Å². The molecule has 0 aliphatic heterocycles. The highest BCUT2D eigenvalue weighted by Crippen LogP contribution is 2.24. The van der Waals surface area contributed by atoms with Crippen molar-refractivity contribution in [3.05, 3.63) is 77.9 Å². The Morgan fingerprint density at radius 2 is 1.79 bits per heavy atom. The standard InChI is InChI=1S/C22H23ClNO4P/c1-3-5-17(16-22(25)27-4-2)14-15-24-29(26)21-12-10-20(11-13-21)28-19-8-6-18(23)7-9-19/h3,6-14H,1,4-5,15-16H2,2H3. The molecule has 0 N–H and O–H groups in total. The van der Waals surface area contributed by atoms with Crippen molar-refractivity contribution in [3.63, 3.8) is 0 Å². The van der Waals surface area contributed by atoms with Crippen molar-refractivity contribution < 1.29 is 19.2 Å². The molecule has 7 heteroatoms. The molecule has 0 radical (unpaired) electrons. The minimum atomic E-state index is -1.90. The Hall–Kier alpha value is -2.46. The van der Waals surface area contributed by atoms with E-state index in [-0.39, 0.29) is 18.9 Å². The SMILES string of the molecule is C=CCC(=CCN=[P+]([O-])c1ccc(Oc2ccc(Cl)cc2)cc1)CC(=O)OCC. The van der Waals surface area contributed by atoms with Crippen LogP contribution < -0.4 is 14.9 Å². The molecule has 0 heterocycles. The van der Waals surface area contributed by atoms with Crippen molar-refractivity contribution in [3.8, 4) is 11.5 Å². The van der Waals surface area contributed by atoms with Crippen LogP contribution in [-0.2, 0) is 9.53 Å². The third kappa shape index (κ3) is 8.20. The summed E-state index contributed by atoms with van der Waals surface area (Å²) in [6, 6.07) is 14.0. The lowest BCUT2D eigenvalue weighted by molar-refractivity contribution is -0.152. The minimum absolute atomic E-state index is 0.183. The van der Waals surface area contributed by atoms with Crippen LogP contribution in [0.3, 0.4) is 0 Å². The molecule has 152 valence electrons. The van der Waals surface area contributed by atoms with Gasteiger partial charge < -0.3 is 14.4 Å². The van der Waals surface area contributed by atoms with E-state index < -0.39 is 7.94 Å². The fourth-order valence-electron chi connectivity index (χ4n) is 2.42. The van der Waals surface area contributed by atoms with Gasteiger partial charge in [-0.3, -0.25) is 4.79 Å². The zero-order chi connectivity index (χ0) is 21.1. The first-order valence-corrected chi connectivity index (χ1v) is 10.7. The van der Waals surface area contributed by atoms with Gasteiger partial charge in [-0.1, -0.05) is 29.3 Å². The van der Waals surface area contributed by atoms with Gasteiger partial charge >= 0.3 is 5.97 Å². The van der Waals surface area contributed by atoms with Gasteiger partial charge in [-0.25, -0.2) is 0 Å². The van der Waals surface area contributed by atoms with E-state index in [9.17, 15) is 9.69 Å². The summed E-state index contributed by atoms with van der Waals surface area (Å²) in [7, 11) is -1.90.